The molecule has 0 spiro atoms. The first-order chi connectivity index (χ1) is 7.94. The second-order valence-corrected chi connectivity index (χ2v) is 4.79. The third kappa shape index (κ3) is 3.03. The third-order valence-electron chi connectivity index (χ3n) is 2.00. The molecule has 0 saturated carbocycles. The van der Waals surface area contributed by atoms with Crippen LogP contribution in [0.2, 0.25) is 0 Å². The summed E-state index contributed by atoms with van der Waals surface area (Å²) in [4.78, 5) is 0. The summed E-state index contributed by atoms with van der Waals surface area (Å²) in [6.07, 6.45) is 0. The van der Waals surface area contributed by atoms with Crippen molar-refractivity contribution < 1.29 is 8.81 Å². The summed E-state index contributed by atoms with van der Waals surface area (Å²) < 4.78 is 18.2. The van der Waals surface area contributed by atoms with Crippen molar-refractivity contribution in [2.24, 2.45) is 0 Å². The number of nitrogens with one attached hydrogen (secondary N) is 1. The van der Waals surface area contributed by atoms with Gasteiger partial charge in [-0.15, -0.1) is 5.10 Å². The lowest BCUT2D eigenvalue weighted by molar-refractivity contribution is 0.538. The van der Waals surface area contributed by atoms with Crippen molar-refractivity contribution in [3.63, 3.8) is 0 Å². The zero-order valence-electron chi connectivity index (χ0n) is 9.99. The first-order valence-corrected chi connectivity index (χ1v) is 5.32. The molecule has 0 bridgehead atoms. The summed E-state index contributed by atoms with van der Waals surface area (Å²) in [5.41, 5.74) is 0.549. The smallest absolute Gasteiger partial charge is 0.316 e. The van der Waals surface area contributed by atoms with E-state index in [0.29, 0.717) is 17.5 Å². The summed E-state index contributed by atoms with van der Waals surface area (Å²) >= 11 is 0. The Morgan fingerprint density at radius 3 is 2.35 bits per heavy atom. The highest BCUT2D eigenvalue weighted by atomic mass is 19.1. The largest absolute Gasteiger partial charge is 0.403 e. The van der Waals surface area contributed by atoms with Gasteiger partial charge in [0.05, 0.1) is 0 Å². The van der Waals surface area contributed by atoms with Gasteiger partial charge in [-0.05, 0) is 45.0 Å². The molecule has 0 fully saturated rings. The predicted octanol–water partition coefficient (Wildman–Crippen LogP) is 3.09. The van der Waals surface area contributed by atoms with Gasteiger partial charge in [0.15, 0.2) is 0 Å². The molecular weight excluding hydrogens is 221 g/mol. The van der Waals surface area contributed by atoms with Crippen molar-refractivity contribution in [1.29, 1.82) is 0 Å². The highest BCUT2D eigenvalue weighted by Crippen LogP contribution is 2.21. The SMILES string of the molecule is CC(C)(C)Nc1nnc(-c2ccc(F)cc2)o1. The maximum atomic E-state index is 12.8. The number of anilines is 1. The van der Waals surface area contributed by atoms with Crippen LogP contribution < -0.4 is 5.32 Å². The maximum absolute atomic E-state index is 12.8. The van der Waals surface area contributed by atoms with Crippen LogP contribution in [0.25, 0.3) is 11.5 Å². The average molecular weight is 235 g/mol. The second kappa shape index (κ2) is 4.16. The molecule has 0 aliphatic carbocycles. The molecule has 0 aliphatic rings. The van der Waals surface area contributed by atoms with Crippen molar-refractivity contribution >= 4 is 6.01 Å². The number of aromatic nitrogens is 2. The zero-order valence-corrected chi connectivity index (χ0v) is 9.99. The monoisotopic (exact) mass is 235 g/mol. The van der Waals surface area contributed by atoms with Crippen molar-refractivity contribution in [2.75, 3.05) is 5.32 Å². The van der Waals surface area contributed by atoms with E-state index in [9.17, 15) is 4.39 Å². The van der Waals surface area contributed by atoms with Crippen molar-refractivity contribution in [1.82, 2.24) is 10.2 Å². The van der Waals surface area contributed by atoms with Gasteiger partial charge in [-0.1, -0.05) is 5.10 Å². The van der Waals surface area contributed by atoms with Gasteiger partial charge in [-0.2, -0.15) is 0 Å². The molecule has 1 aromatic heterocycles. The number of hydrogen-bond donors (Lipinski definition) is 1. The van der Waals surface area contributed by atoms with E-state index in [1.165, 1.54) is 12.1 Å². The van der Waals surface area contributed by atoms with Crippen LogP contribution in [-0.4, -0.2) is 15.7 Å². The summed E-state index contributed by atoms with van der Waals surface area (Å²) in [7, 11) is 0. The van der Waals surface area contributed by atoms with E-state index >= 15 is 0 Å². The highest BCUT2D eigenvalue weighted by molar-refractivity contribution is 5.53. The van der Waals surface area contributed by atoms with E-state index in [-0.39, 0.29) is 11.4 Å². The van der Waals surface area contributed by atoms with Crippen molar-refractivity contribution in [3.8, 4) is 11.5 Å². The molecule has 0 amide bonds. The number of rotatable bonds is 2. The number of nitrogens with zero attached hydrogens (tertiary/aromatic N) is 2. The maximum Gasteiger partial charge on any atom is 0.316 e. The standard InChI is InChI=1S/C12H14FN3O/c1-12(2,3)14-11-16-15-10(17-11)8-4-6-9(13)7-5-8/h4-7H,1-3H3,(H,14,16). The van der Waals surface area contributed by atoms with Crippen LogP contribution >= 0.6 is 0 Å². The second-order valence-electron chi connectivity index (χ2n) is 4.79. The molecule has 0 atom stereocenters. The molecule has 17 heavy (non-hydrogen) atoms. The van der Waals surface area contributed by atoms with Crippen molar-refractivity contribution in [3.05, 3.63) is 30.1 Å². The Hall–Kier alpha value is -1.91. The molecule has 1 aromatic carbocycles. The lowest BCUT2D eigenvalue weighted by Gasteiger charge is -2.17. The Morgan fingerprint density at radius 2 is 1.76 bits per heavy atom. The normalized spacial score (nSPS) is 11.5. The Kier molecular flexibility index (Phi) is 2.83. The minimum absolute atomic E-state index is 0.146. The Bertz CT molecular complexity index is 499. The van der Waals surface area contributed by atoms with Crippen LogP contribution in [0.5, 0.6) is 0 Å². The van der Waals surface area contributed by atoms with Gasteiger partial charge in [0, 0.05) is 11.1 Å². The molecule has 2 rings (SSSR count). The summed E-state index contributed by atoms with van der Waals surface area (Å²) in [5.74, 6) is 0.0815. The van der Waals surface area contributed by atoms with Gasteiger partial charge >= 0.3 is 6.01 Å². The first kappa shape index (κ1) is 11.6. The molecule has 0 saturated heterocycles. The number of halogens is 1. The topological polar surface area (TPSA) is 51.0 Å². The van der Waals surface area contributed by atoms with Crippen molar-refractivity contribution in [2.45, 2.75) is 26.3 Å². The van der Waals surface area contributed by atoms with Crippen LogP contribution in [0.4, 0.5) is 10.4 Å². The number of hydrogen-bond acceptors (Lipinski definition) is 4. The van der Waals surface area contributed by atoms with Crippen LogP contribution in [0, 0.1) is 5.82 Å². The summed E-state index contributed by atoms with van der Waals surface area (Å²) in [5, 5.41) is 10.8. The Balaban J connectivity index is 2.21. The molecule has 0 unspecified atom stereocenters. The lowest BCUT2D eigenvalue weighted by Crippen LogP contribution is -2.26. The van der Waals surface area contributed by atoms with E-state index in [2.05, 4.69) is 15.5 Å². The van der Waals surface area contributed by atoms with Crippen LogP contribution in [0.3, 0.4) is 0 Å². The molecule has 0 aliphatic heterocycles. The predicted molar refractivity (Wildman–Crippen MR) is 63.1 cm³/mol. The molecule has 5 heteroatoms. The molecule has 1 heterocycles. The molecule has 0 radical (unpaired) electrons. The van der Waals surface area contributed by atoms with E-state index in [1.54, 1.807) is 12.1 Å². The molecule has 90 valence electrons. The average Bonchev–Trinajstić information content (AvgIpc) is 2.64. The lowest BCUT2D eigenvalue weighted by atomic mass is 10.1. The fourth-order valence-corrected chi connectivity index (χ4v) is 1.30. The van der Waals surface area contributed by atoms with Gasteiger partial charge in [0.2, 0.25) is 5.89 Å². The minimum Gasteiger partial charge on any atom is -0.403 e. The fourth-order valence-electron chi connectivity index (χ4n) is 1.30. The van der Waals surface area contributed by atoms with Gasteiger partial charge in [-0.25, -0.2) is 4.39 Å². The Morgan fingerprint density at radius 1 is 1.12 bits per heavy atom. The zero-order chi connectivity index (χ0) is 12.5. The van der Waals surface area contributed by atoms with E-state index in [0.717, 1.165) is 0 Å². The number of benzene rings is 1. The van der Waals surface area contributed by atoms with E-state index < -0.39 is 0 Å². The quantitative estimate of drug-likeness (QED) is 0.869. The summed E-state index contributed by atoms with van der Waals surface area (Å²) in [6, 6.07) is 6.28. The van der Waals surface area contributed by atoms with Gasteiger partial charge in [0.25, 0.3) is 0 Å². The van der Waals surface area contributed by atoms with E-state index in [1.807, 2.05) is 20.8 Å². The van der Waals surface area contributed by atoms with Crippen LogP contribution in [0.15, 0.2) is 28.7 Å². The molecule has 1 N–H and O–H groups in total. The molecule has 2 aromatic rings. The molecular formula is C12H14FN3O. The minimum atomic E-state index is -0.290. The first-order valence-electron chi connectivity index (χ1n) is 5.32. The van der Waals surface area contributed by atoms with Gasteiger partial charge in [-0.3, -0.25) is 0 Å². The highest BCUT2D eigenvalue weighted by Gasteiger charge is 2.15. The Labute approximate surface area is 98.9 Å². The van der Waals surface area contributed by atoms with Crippen LogP contribution in [0.1, 0.15) is 20.8 Å². The fraction of sp³-hybridized carbons (Fsp3) is 0.333. The third-order valence-corrected chi connectivity index (χ3v) is 2.00. The summed E-state index contributed by atoms with van der Waals surface area (Å²) in [6.45, 7) is 5.98. The van der Waals surface area contributed by atoms with E-state index in [4.69, 9.17) is 4.42 Å². The molecule has 4 nitrogen and oxygen atoms in total. The van der Waals surface area contributed by atoms with Gasteiger partial charge < -0.3 is 9.73 Å². The van der Waals surface area contributed by atoms with Crippen LogP contribution in [-0.2, 0) is 0 Å². The van der Waals surface area contributed by atoms with Gasteiger partial charge in [0.1, 0.15) is 5.82 Å².